The van der Waals surface area contributed by atoms with Crippen molar-refractivity contribution in [2.45, 2.75) is 0 Å². The Balaban J connectivity index is 1.79. The van der Waals surface area contributed by atoms with Crippen LogP contribution in [0.3, 0.4) is 0 Å². The number of methoxy groups -OCH3 is 2. The van der Waals surface area contributed by atoms with Gasteiger partial charge in [0, 0.05) is 28.7 Å². The number of para-hydroxylation sites is 1. The standard InChI is InChI=1S/C20H17N3O2/c1-24-19-10-15-17(7-8-21-18(15)11-20(19)25-2)23-14-9-13-5-3-4-6-16(13)22-12-14/h3-12H,1-2H3,(H,21,23). The van der Waals surface area contributed by atoms with Crippen molar-refractivity contribution in [1.82, 2.24) is 9.97 Å². The van der Waals surface area contributed by atoms with Crippen LogP contribution < -0.4 is 14.8 Å². The number of ether oxygens (including phenoxy) is 2. The van der Waals surface area contributed by atoms with E-state index in [0.29, 0.717) is 11.5 Å². The lowest BCUT2D eigenvalue weighted by Crippen LogP contribution is -1.96. The second-order valence-corrected chi connectivity index (χ2v) is 5.62. The molecule has 124 valence electrons. The molecular weight excluding hydrogens is 314 g/mol. The summed E-state index contributed by atoms with van der Waals surface area (Å²) in [5.41, 5.74) is 3.65. The summed E-state index contributed by atoms with van der Waals surface area (Å²) in [6.45, 7) is 0. The van der Waals surface area contributed by atoms with Gasteiger partial charge in [0.15, 0.2) is 11.5 Å². The number of pyridine rings is 2. The lowest BCUT2D eigenvalue weighted by Gasteiger charge is -2.13. The first-order valence-corrected chi connectivity index (χ1v) is 7.91. The van der Waals surface area contributed by atoms with Crippen molar-refractivity contribution >= 4 is 33.2 Å². The van der Waals surface area contributed by atoms with Crippen molar-refractivity contribution < 1.29 is 9.47 Å². The zero-order valence-electron chi connectivity index (χ0n) is 14.0. The van der Waals surface area contributed by atoms with E-state index in [9.17, 15) is 0 Å². The minimum absolute atomic E-state index is 0.659. The van der Waals surface area contributed by atoms with Crippen molar-refractivity contribution in [3.8, 4) is 11.5 Å². The summed E-state index contributed by atoms with van der Waals surface area (Å²) in [5, 5.41) is 5.47. The molecule has 5 heteroatoms. The minimum atomic E-state index is 0.659. The topological polar surface area (TPSA) is 56.3 Å². The van der Waals surface area contributed by atoms with Crippen LogP contribution in [-0.2, 0) is 0 Å². The Labute approximate surface area is 145 Å². The quantitative estimate of drug-likeness (QED) is 0.595. The lowest BCUT2D eigenvalue weighted by atomic mass is 10.1. The van der Waals surface area contributed by atoms with Crippen LogP contribution in [0.1, 0.15) is 0 Å². The van der Waals surface area contributed by atoms with Gasteiger partial charge in [0.2, 0.25) is 0 Å². The second-order valence-electron chi connectivity index (χ2n) is 5.62. The largest absolute Gasteiger partial charge is 0.493 e. The molecule has 0 bridgehead atoms. The van der Waals surface area contributed by atoms with Gasteiger partial charge in [-0.2, -0.15) is 0 Å². The van der Waals surface area contributed by atoms with Crippen LogP contribution in [0.15, 0.2) is 60.9 Å². The Morgan fingerprint density at radius 3 is 2.48 bits per heavy atom. The molecule has 5 nitrogen and oxygen atoms in total. The Bertz CT molecular complexity index is 1060. The minimum Gasteiger partial charge on any atom is -0.493 e. The van der Waals surface area contributed by atoms with Crippen LogP contribution in [0, 0.1) is 0 Å². The maximum Gasteiger partial charge on any atom is 0.162 e. The number of aromatic nitrogens is 2. The van der Waals surface area contributed by atoms with E-state index in [2.05, 4.69) is 21.4 Å². The van der Waals surface area contributed by atoms with Crippen molar-refractivity contribution in [1.29, 1.82) is 0 Å². The molecule has 2 aromatic carbocycles. The lowest BCUT2D eigenvalue weighted by molar-refractivity contribution is 0.356. The summed E-state index contributed by atoms with van der Waals surface area (Å²) in [6.07, 6.45) is 3.60. The normalized spacial score (nSPS) is 10.8. The SMILES string of the molecule is COc1cc2nccc(Nc3cnc4ccccc4c3)c2cc1OC. The van der Waals surface area contributed by atoms with Crippen LogP contribution >= 0.6 is 0 Å². The van der Waals surface area contributed by atoms with E-state index in [0.717, 1.165) is 33.2 Å². The van der Waals surface area contributed by atoms with Gasteiger partial charge in [0.05, 0.1) is 37.1 Å². The molecule has 0 radical (unpaired) electrons. The molecule has 0 atom stereocenters. The maximum absolute atomic E-state index is 5.41. The first kappa shape index (κ1) is 15.2. The third-order valence-corrected chi connectivity index (χ3v) is 4.12. The van der Waals surface area contributed by atoms with E-state index in [-0.39, 0.29) is 0 Å². The molecule has 0 amide bonds. The van der Waals surface area contributed by atoms with Crippen LogP contribution in [0.5, 0.6) is 11.5 Å². The number of nitrogens with zero attached hydrogens (tertiary/aromatic N) is 2. The zero-order chi connectivity index (χ0) is 17.2. The third kappa shape index (κ3) is 2.80. The molecule has 0 saturated heterocycles. The van der Waals surface area contributed by atoms with Gasteiger partial charge in [-0.15, -0.1) is 0 Å². The Hall–Kier alpha value is -3.34. The fourth-order valence-electron chi connectivity index (χ4n) is 2.88. The van der Waals surface area contributed by atoms with E-state index < -0.39 is 0 Å². The number of anilines is 2. The molecule has 0 fully saturated rings. The predicted octanol–water partition coefficient (Wildman–Crippen LogP) is 4.54. The Morgan fingerprint density at radius 2 is 1.64 bits per heavy atom. The highest BCUT2D eigenvalue weighted by Crippen LogP contribution is 2.35. The number of fused-ring (bicyclic) bond motifs is 2. The maximum atomic E-state index is 5.41. The first-order valence-electron chi connectivity index (χ1n) is 7.91. The second kappa shape index (κ2) is 6.28. The predicted molar refractivity (Wildman–Crippen MR) is 99.9 cm³/mol. The molecule has 0 aliphatic rings. The third-order valence-electron chi connectivity index (χ3n) is 4.12. The summed E-state index contributed by atoms with van der Waals surface area (Å²) >= 11 is 0. The molecule has 0 unspecified atom stereocenters. The number of hydrogen-bond acceptors (Lipinski definition) is 5. The van der Waals surface area contributed by atoms with E-state index in [1.54, 1.807) is 20.4 Å². The van der Waals surface area contributed by atoms with Gasteiger partial charge in [-0.05, 0) is 24.3 Å². The van der Waals surface area contributed by atoms with E-state index in [1.807, 2.05) is 48.7 Å². The van der Waals surface area contributed by atoms with Gasteiger partial charge >= 0.3 is 0 Å². The smallest absolute Gasteiger partial charge is 0.162 e. The van der Waals surface area contributed by atoms with Gasteiger partial charge in [-0.25, -0.2) is 0 Å². The fourth-order valence-corrected chi connectivity index (χ4v) is 2.88. The molecule has 0 aliphatic carbocycles. The number of nitrogens with one attached hydrogen (secondary N) is 1. The van der Waals surface area contributed by atoms with Gasteiger partial charge in [0.25, 0.3) is 0 Å². The average molecular weight is 331 g/mol. The summed E-state index contributed by atoms with van der Waals surface area (Å²) in [4.78, 5) is 8.92. The summed E-state index contributed by atoms with van der Waals surface area (Å²) < 4.78 is 10.8. The van der Waals surface area contributed by atoms with Crippen molar-refractivity contribution in [2.75, 3.05) is 19.5 Å². The van der Waals surface area contributed by atoms with Crippen LogP contribution in [0.4, 0.5) is 11.4 Å². The molecule has 0 saturated carbocycles. The highest BCUT2D eigenvalue weighted by molar-refractivity contribution is 5.95. The molecule has 25 heavy (non-hydrogen) atoms. The van der Waals surface area contributed by atoms with Crippen LogP contribution in [-0.4, -0.2) is 24.2 Å². The zero-order valence-corrected chi connectivity index (χ0v) is 14.0. The van der Waals surface area contributed by atoms with Crippen LogP contribution in [0.25, 0.3) is 21.8 Å². The number of benzene rings is 2. The highest BCUT2D eigenvalue weighted by atomic mass is 16.5. The number of rotatable bonds is 4. The van der Waals surface area contributed by atoms with Gasteiger partial charge in [-0.3, -0.25) is 9.97 Å². The molecule has 4 rings (SSSR count). The van der Waals surface area contributed by atoms with E-state index in [4.69, 9.17) is 9.47 Å². The Morgan fingerprint density at radius 1 is 0.840 bits per heavy atom. The van der Waals surface area contributed by atoms with Crippen molar-refractivity contribution in [2.24, 2.45) is 0 Å². The van der Waals surface area contributed by atoms with Crippen LogP contribution in [0.2, 0.25) is 0 Å². The van der Waals surface area contributed by atoms with E-state index in [1.165, 1.54) is 0 Å². The first-order chi connectivity index (χ1) is 12.3. The molecule has 0 aliphatic heterocycles. The number of hydrogen-bond donors (Lipinski definition) is 1. The van der Waals surface area contributed by atoms with E-state index >= 15 is 0 Å². The van der Waals surface area contributed by atoms with Gasteiger partial charge in [-0.1, -0.05) is 18.2 Å². The average Bonchev–Trinajstić information content (AvgIpc) is 2.67. The summed E-state index contributed by atoms with van der Waals surface area (Å²) in [7, 11) is 3.24. The van der Waals surface area contributed by atoms with Gasteiger partial charge in [0.1, 0.15) is 0 Å². The van der Waals surface area contributed by atoms with Crippen molar-refractivity contribution in [3.63, 3.8) is 0 Å². The molecule has 1 N–H and O–H groups in total. The Kier molecular flexibility index (Phi) is 3.82. The molecule has 4 aromatic rings. The molecule has 2 aromatic heterocycles. The fraction of sp³-hybridized carbons (Fsp3) is 0.100. The molecule has 2 heterocycles. The van der Waals surface area contributed by atoms with Gasteiger partial charge < -0.3 is 14.8 Å². The molecule has 0 spiro atoms. The molecular formula is C20H17N3O2. The monoisotopic (exact) mass is 331 g/mol. The van der Waals surface area contributed by atoms with Crippen molar-refractivity contribution in [3.05, 3.63) is 60.9 Å². The highest BCUT2D eigenvalue weighted by Gasteiger charge is 2.10. The summed E-state index contributed by atoms with van der Waals surface area (Å²) in [5.74, 6) is 1.33. The summed E-state index contributed by atoms with van der Waals surface area (Å²) in [6, 6.07) is 15.9.